The number of benzene rings is 1. The Balaban J connectivity index is 1.88. The smallest absolute Gasteiger partial charge is 0.257 e. The van der Waals surface area contributed by atoms with E-state index < -0.39 is 0 Å². The molecule has 1 aromatic carbocycles. The molecule has 3 rings (SSSR count). The highest BCUT2D eigenvalue weighted by Gasteiger charge is 2.40. The van der Waals surface area contributed by atoms with Crippen LogP contribution in [0.25, 0.3) is 0 Å². The first-order chi connectivity index (χ1) is 8.66. The number of carbonyl (C=O) groups excluding carboxylic acids is 1. The molecule has 5 heteroatoms. The lowest BCUT2D eigenvalue weighted by atomic mass is 10.0. The minimum absolute atomic E-state index is 0.0396. The second kappa shape index (κ2) is 4.70. The van der Waals surface area contributed by atoms with Crippen LogP contribution in [-0.2, 0) is 0 Å². The Bertz CT molecular complexity index is 492. The maximum atomic E-state index is 12.5. The number of likely N-dealkylation sites (tertiary alicyclic amines) is 1. The minimum Gasteiger partial charge on any atom is -0.507 e. The molecular formula is C13H15IN2O2. The number of rotatable bonds is 1. The van der Waals surface area contributed by atoms with Crippen LogP contribution in [0.15, 0.2) is 18.2 Å². The lowest BCUT2D eigenvalue weighted by Crippen LogP contribution is -2.39. The zero-order valence-electron chi connectivity index (χ0n) is 9.90. The van der Waals surface area contributed by atoms with Gasteiger partial charge in [-0.1, -0.05) is 0 Å². The van der Waals surface area contributed by atoms with Gasteiger partial charge >= 0.3 is 0 Å². The second-order valence-electron chi connectivity index (χ2n) is 4.93. The number of nitrogens with zero attached hydrogens (tertiary/aromatic N) is 1. The fourth-order valence-electron chi connectivity index (χ4n) is 2.94. The SMILES string of the molecule is O=C(c1cc(I)ccc1O)N1CC[C@H]2CNC[C@H]21. The molecule has 4 nitrogen and oxygen atoms in total. The summed E-state index contributed by atoms with van der Waals surface area (Å²) < 4.78 is 0.967. The summed E-state index contributed by atoms with van der Waals surface area (Å²) in [7, 11) is 0. The Morgan fingerprint density at radius 1 is 1.44 bits per heavy atom. The normalized spacial score (nSPS) is 26.4. The molecule has 18 heavy (non-hydrogen) atoms. The van der Waals surface area contributed by atoms with E-state index in [0.717, 1.165) is 29.6 Å². The van der Waals surface area contributed by atoms with Gasteiger partial charge in [-0.2, -0.15) is 0 Å². The Morgan fingerprint density at radius 3 is 3.11 bits per heavy atom. The summed E-state index contributed by atoms with van der Waals surface area (Å²) in [6.07, 6.45) is 1.06. The van der Waals surface area contributed by atoms with Crippen LogP contribution in [-0.4, -0.2) is 41.6 Å². The summed E-state index contributed by atoms with van der Waals surface area (Å²) in [5.74, 6) is 0.621. The van der Waals surface area contributed by atoms with Crippen LogP contribution in [0.1, 0.15) is 16.8 Å². The lowest BCUT2D eigenvalue weighted by molar-refractivity contribution is 0.0734. The Labute approximate surface area is 120 Å². The van der Waals surface area contributed by atoms with Gasteiger partial charge in [-0.3, -0.25) is 4.79 Å². The van der Waals surface area contributed by atoms with Crippen molar-refractivity contribution in [1.29, 1.82) is 0 Å². The molecule has 2 aliphatic rings. The molecule has 2 aliphatic heterocycles. The quantitative estimate of drug-likeness (QED) is 0.747. The van der Waals surface area contributed by atoms with E-state index in [1.54, 1.807) is 18.2 Å². The Kier molecular flexibility index (Phi) is 3.19. The molecule has 0 radical (unpaired) electrons. The molecule has 2 atom stereocenters. The maximum Gasteiger partial charge on any atom is 0.257 e. The highest BCUT2D eigenvalue weighted by atomic mass is 127. The summed E-state index contributed by atoms with van der Waals surface area (Å²) in [5.41, 5.74) is 0.425. The van der Waals surface area contributed by atoms with Crippen LogP contribution in [0.2, 0.25) is 0 Å². The van der Waals surface area contributed by atoms with Crippen molar-refractivity contribution in [3.8, 4) is 5.75 Å². The third kappa shape index (κ3) is 1.99. The molecule has 2 fully saturated rings. The summed E-state index contributed by atoms with van der Waals surface area (Å²) in [6, 6.07) is 5.45. The monoisotopic (exact) mass is 358 g/mol. The number of hydrogen-bond acceptors (Lipinski definition) is 3. The summed E-state index contributed by atoms with van der Waals surface area (Å²) in [5, 5.41) is 13.2. The molecule has 0 unspecified atom stereocenters. The predicted octanol–water partition coefficient (Wildman–Crippen LogP) is 1.43. The van der Waals surface area contributed by atoms with Gasteiger partial charge in [-0.05, 0) is 53.1 Å². The lowest BCUT2D eigenvalue weighted by Gasteiger charge is -2.23. The van der Waals surface area contributed by atoms with Gasteiger partial charge in [0.1, 0.15) is 5.75 Å². The van der Waals surface area contributed by atoms with Crippen LogP contribution in [0.4, 0.5) is 0 Å². The maximum absolute atomic E-state index is 12.5. The van der Waals surface area contributed by atoms with E-state index >= 15 is 0 Å². The molecule has 1 aromatic rings. The van der Waals surface area contributed by atoms with Crippen LogP contribution in [0.3, 0.4) is 0 Å². The number of fused-ring (bicyclic) bond motifs is 1. The standard InChI is InChI=1S/C13H15IN2O2/c14-9-1-2-12(17)10(5-9)13(18)16-4-3-8-6-15-7-11(8)16/h1-2,5,8,11,15,17H,3-4,6-7H2/t8-,11+/m0/s1. The van der Waals surface area contributed by atoms with Crippen molar-refractivity contribution in [3.63, 3.8) is 0 Å². The fraction of sp³-hybridized carbons (Fsp3) is 0.462. The molecule has 0 aromatic heterocycles. The highest BCUT2D eigenvalue weighted by molar-refractivity contribution is 14.1. The first-order valence-electron chi connectivity index (χ1n) is 6.17. The highest BCUT2D eigenvalue weighted by Crippen LogP contribution is 2.30. The Hall–Kier alpha value is -0.820. The van der Waals surface area contributed by atoms with Crippen molar-refractivity contribution in [2.24, 2.45) is 5.92 Å². The van der Waals surface area contributed by atoms with E-state index in [2.05, 4.69) is 27.9 Å². The molecule has 1 amide bonds. The summed E-state index contributed by atoms with van der Waals surface area (Å²) in [4.78, 5) is 14.4. The van der Waals surface area contributed by atoms with Crippen molar-refractivity contribution in [1.82, 2.24) is 10.2 Å². The molecular weight excluding hydrogens is 343 g/mol. The second-order valence-corrected chi connectivity index (χ2v) is 6.18. The van der Waals surface area contributed by atoms with E-state index in [0.29, 0.717) is 17.5 Å². The van der Waals surface area contributed by atoms with Gasteiger partial charge in [0, 0.05) is 29.2 Å². The summed E-state index contributed by atoms with van der Waals surface area (Å²) in [6.45, 7) is 2.69. The van der Waals surface area contributed by atoms with E-state index in [4.69, 9.17) is 0 Å². The number of phenols is 1. The minimum atomic E-state index is -0.0396. The molecule has 96 valence electrons. The molecule has 0 saturated carbocycles. The number of hydrogen-bond donors (Lipinski definition) is 2. The van der Waals surface area contributed by atoms with Crippen molar-refractivity contribution in [2.45, 2.75) is 12.5 Å². The largest absolute Gasteiger partial charge is 0.507 e. The van der Waals surface area contributed by atoms with Crippen LogP contribution in [0.5, 0.6) is 5.75 Å². The molecule has 2 saturated heterocycles. The zero-order chi connectivity index (χ0) is 12.7. The predicted molar refractivity (Wildman–Crippen MR) is 76.6 cm³/mol. The number of phenolic OH excluding ortho intramolecular Hbond substituents is 1. The van der Waals surface area contributed by atoms with Crippen LogP contribution < -0.4 is 5.32 Å². The first kappa shape index (κ1) is 12.2. The fourth-order valence-corrected chi connectivity index (χ4v) is 3.43. The molecule has 0 aliphatic carbocycles. The number of carbonyl (C=O) groups is 1. The zero-order valence-corrected chi connectivity index (χ0v) is 12.1. The van der Waals surface area contributed by atoms with Crippen molar-refractivity contribution < 1.29 is 9.90 Å². The van der Waals surface area contributed by atoms with Gasteiger partial charge in [-0.15, -0.1) is 0 Å². The topological polar surface area (TPSA) is 52.6 Å². The van der Waals surface area contributed by atoms with E-state index in [-0.39, 0.29) is 11.7 Å². The van der Waals surface area contributed by atoms with Gasteiger partial charge in [0.2, 0.25) is 0 Å². The van der Waals surface area contributed by atoms with Gasteiger partial charge in [0.15, 0.2) is 0 Å². The Morgan fingerprint density at radius 2 is 2.28 bits per heavy atom. The average molecular weight is 358 g/mol. The van der Waals surface area contributed by atoms with Gasteiger partial charge in [0.25, 0.3) is 5.91 Å². The van der Waals surface area contributed by atoms with Crippen molar-refractivity contribution in [2.75, 3.05) is 19.6 Å². The molecule has 0 bridgehead atoms. The van der Waals surface area contributed by atoms with E-state index in [9.17, 15) is 9.90 Å². The van der Waals surface area contributed by atoms with Crippen molar-refractivity contribution >= 4 is 28.5 Å². The number of halogens is 1. The third-order valence-electron chi connectivity index (χ3n) is 3.90. The molecule has 2 heterocycles. The van der Waals surface area contributed by atoms with E-state index in [1.807, 2.05) is 4.90 Å². The van der Waals surface area contributed by atoms with Gasteiger partial charge in [0.05, 0.1) is 5.56 Å². The number of aromatic hydroxyl groups is 1. The van der Waals surface area contributed by atoms with Gasteiger partial charge < -0.3 is 15.3 Å². The van der Waals surface area contributed by atoms with Crippen LogP contribution in [0, 0.1) is 9.49 Å². The number of nitrogens with one attached hydrogen (secondary N) is 1. The van der Waals surface area contributed by atoms with Crippen molar-refractivity contribution in [3.05, 3.63) is 27.3 Å². The third-order valence-corrected chi connectivity index (χ3v) is 4.57. The summed E-state index contributed by atoms with van der Waals surface area (Å²) >= 11 is 2.16. The van der Waals surface area contributed by atoms with Gasteiger partial charge in [-0.25, -0.2) is 0 Å². The average Bonchev–Trinajstić information content (AvgIpc) is 2.93. The van der Waals surface area contributed by atoms with E-state index in [1.165, 1.54) is 0 Å². The molecule has 2 N–H and O–H groups in total. The number of amides is 1. The first-order valence-corrected chi connectivity index (χ1v) is 7.25. The van der Waals surface area contributed by atoms with Crippen LogP contribution >= 0.6 is 22.6 Å². The molecule has 0 spiro atoms.